The lowest BCUT2D eigenvalue weighted by Gasteiger charge is -2.30. The number of benzene rings is 2. The fourth-order valence-corrected chi connectivity index (χ4v) is 3.72. The molecule has 0 spiro atoms. The summed E-state index contributed by atoms with van der Waals surface area (Å²) in [6.45, 7) is 3.39. The molecule has 4 rings (SSSR count). The fourth-order valence-electron chi connectivity index (χ4n) is 3.72. The van der Waals surface area contributed by atoms with Crippen LogP contribution in [0.1, 0.15) is 35.7 Å². The number of imidazole rings is 1. The van der Waals surface area contributed by atoms with Crippen LogP contribution in [0.4, 0.5) is 5.69 Å². The van der Waals surface area contributed by atoms with Gasteiger partial charge in [-0.15, -0.1) is 0 Å². The van der Waals surface area contributed by atoms with Gasteiger partial charge in [0.05, 0.1) is 16.0 Å². The standard InChI is InChI=1S/C22H22N4O3/c1-15-5-7-19-20(13-15)24-22(23-19)17-9-11-25(12-10-17)21(27)8-6-16-3-2-4-18(14-16)26(28)29/h2-8,13-14,17H,9-12H2,1H3,(H,23,24)/b8-6+. The van der Waals surface area contributed by atoms with Gasteiger partial charge in [0.15, 0.2) is 0 Å². The van der Waals surface area contributed by atoms with Gasteiger partial charge in [-0.25, -0.2) is 4.98 Å². The molecule has 1 aliphatic heterocycles. The molecule has 3 aromatic rings. The summed E-state index contributed by atoms with van der Waals surface area (Å²) in [5.74, 6) is 1.23. The number of amides is 1. The molecule has 0 atom stereocenters. The van der Waals surface area contributed by atoms with E-state index in [1.165, 1.54) is 23.8 Å². The number of fused-ring (bicyclic) bond motifs is 1. The van der Waals surface area contributed by atoms with Crippen molar-refractivity contribution in [1.82, 2.24) is 14.9 Å². The van der Waals surface area contributed by atoms with E-state index in [-0.39, 0.29) is 11.6 Å². The molecule has 1 saturated heterocycles. The third-order valence-corrected chi connectivity index (χ3v) is 5.35. The van der Waals surface area contributed by atoms with Gasteiger partial charge in [-0.1, -0.05) is 18.2 Å². The molecular formula is C22H22N4O3. The molecule has 2 aromatic carbocycles. The van der Waals surface area contributed by atoms with Gasteiger partial charge in [-0.2, -0.15) is 0 Å². The Kier molecular flexibility index (Phi) is 5.12. The van der Waals surface area contributed by atoms with E-state index in [2.05, 4.69) is 24.0 Å². The lowest BCUT2D eigenvalue weighted by atomic mass is 9.96. The summed E-state index contributed by atoms with van der Waals surface area (Å²) < 4.78 is 0. The van der Waals surface area contributed by atoms with Crippen molar-refractivity contribution in [3.63, 3.8) is 0 Å². The SMILES string of the molecule is Cc1ccc2nc(C3CCN(C(=O)/C=C/c4cccc([N+](=O)[O-])c4)CC3)[nH]c2c1. The number of hydrogen-bond donors (Lipinski definition) is 1. The van der Waals surface area contributed by atoms with Crippen LogP contribution in [0.2, 0.25) is 0 Å². The zero-order chi connectivity index (χ0) is 20.4. The molecule has 0 saturated carbocycles. The van der Waals surface area contributed by atoms with Crippen LogP contribution in [0, 0.1) is 17.0 Å². The molecule has 1 fully saturated rings. The number of aromatic nitrogens is 2. The van der Waals surface area contributed by atoms with Crippen molar-refractivity contribution < 1.29 is 9.72 Å². The van der Waals surface area contributed by atoms with Crippen LogP contribution < -0.4 is 0 Å². The highest BCUT2D eigenvalue weighted by Crippen LogP contribution is 2.28. The van der Waals surface area contributed by atoms with Crippen molar-refractivity contribution >= 4 is 28.7 Å². The van der Waals surface area contributed by atoms with Gasteiger partial charge in [0, 0.05) is 37.2 Å². The quantitative estimate of drug-likeness (QED) is 0.410. The van der Waals surface area contributed by atoms with E-state index >= 15 is 0 Å². The lowest BCUT2D eigenvalue weighted by molar-refractivity contribution is -0.384. The first kappa shape index (κ1) is 18.9. The molecule has 0 radical (unpaired) electrons. The maximum Gasteiger partial charge on any atom is 0.270 e. The largest absolute Gasteiger partial charge is 0.342 e. The van der Waals surface area contributed by atoms with Crippen molar-refractivity contribution in [2.45, 2.75) is 25.7 Å². The first-order valence-corrected chi connectivity index (χ1v) is 9.67. The highest BCUT2D eigenvalue weighted by molar-refractivity contribution is 5.92. The highest BCUT2D eigenvalue weighted by Gasteiger charge is 2.24. The molecule has 0 unspecified atom stereocenters. The number of rotatable bonds is 4. The van der Waals surface area contributed by atoms with Crippen molar-refractivity contribution in [1.29, 1.82) is 0 Å². The van der Waals surface area contributed by atoms with Crippen molar-refractivity contribution in [3.8, 4) is 0 Å². The zero-order valence-electron chi connectivity index (χ0n) is 16.2. The molecule has 7 heteroatoms. The molecule has 29 heavy (non-hydrogen) atoms. The summed E-state index contributed by atoms with van der Waals surface area (Å²) in [6, 6.07) is 12.4. The minimum Gasteiger partial charge on any atom is -0.342 e. The Hall–Kier alpha value is -3.48. The zero-order valence-corrected chi connectivity index (χ0v) is 16.2. The number of H-pyrrole nitrogens is 1. The Labute approximate surface area is 168 Å². The summed E-state index contributed by atoms with van der Waals surface area (Å²) >= 11 is 0. The van der Waals surface area contributed by atoms with Crippen molar-refractivity contribution in [2.24, 2.45) is 0 Å². The maximum atomic E-state index is 12.5. The van der Waals surface area contributed by atoms with E-state index in [9.17, 15) is 14.9 Å². The van der Waals surface area contributed by atoms with Crippen LogP contribution in [0.25, 0.3) is 17.1 Å². The number of likely N-dealkylation sites (tertiary alicyclic amines) is 1. The van der Waals surface area contributed by atoms with Gasteiger partial charge in [0.25, 0.3) is 5.69 Å². The average Bonchev–Trinajstić information content (AvgIpc) is 3.15. The van der Waals surface area contributed by atoms with Crippen LogP contribution in [0.5, 0.6) is 0 Å². The van der Waals surface area contributed by atoms with E-state index in [0.29, 0.717) is 24.6 Å². The number of carbonyl (C=O) groups is 1. The summed E-state index contributed by atoms with van der Waals surface area (Å²) in [5, 5.41) is 10.9. The van der Waals surface area contributed by atoms with Crippen LogP contribution in [0.15, 0.2) is 48.5 Å². The van der Waals surface area contributed by atoms with Crippen LogP contribution in [-0.4, -0.2) is 38.8 Å². The number of nitrogens with one attached hydrogen (secondary N) is 1. The van der Waals surface area contributed by atoms with Gasteiger partial charge >= 0.3 is 0 Å². The predicted molar refractivity (Wildman–Crippen MR) is 112 cm³/mol. The number of nitro benzene ring substituents is 1. The Morgan fingerprint density at radius 3 is 2.79 bits per heavy atom. The molecule has 7 nitrogen and oxygen atoms in total. The number of aryl methyl sites for hydroxylation is 1. The van der Waals surface area contributed by atoms with E-state index in [1.807, 2.05) is 11.0 Å². The number of carbonyl (C=O) groups excluding carboxylic acids is 1. The Bertz CT molecular complexity index is 1090. The second-order valence-corrected chi connectivity index (χ2v) is 7.43. The van der Waals surface area contributed by atoms with E-state index < -0.39 is 4.92 Å². The minimum absolute atomic E-state index is 0.0152. The molecule has 2 heterocycles. The van der Waals surface area contributed by atoms with Gasteiger partial charge in [-0.3, -0.25) is 14.9 Å². The number of nitro groups is 1. The Morgan fingerprint density at radius 2 is 2.03 bits per heavy atom. The van der Waals surface area contributed by atoms with E-state index in [0.717, 1.165) is 29.7 Å². The maximum absolute atomic E-state index is 12.5. The molecule has 0 aliphatic carbocycles. The molecule has 148 valence electrons. The van der Waals surface area contributed by atoms with Crippen LogP contribution in [-0.2, 0) is 4.79 Å². The van der Waals surface area contributed by atoms with Crippen LogP contribution in [0.3, 0.4) is 0 Å². The number of piperidine rings is 1. The number of aromatic amines is 1. The first-order valence-electron chi connectivity index (χ1n) is 9.67. The van der Waals surface area contributed by atoms with Gasteiger partial charge in [-0.05, 0) is 49.1 Å². The number of nitrogens with zero attached hydrogens (tertiary/aromatic N) is 3. The first-order chi connectivity index (χ1) is 14.0. The van der Waals surface area contributed by atoms with Gasteiger partial charge in [0.2, 0.25) is 5.91 Å². The summed E-state index contributed by atoms with van der Waals surface area (Å²) in [5.41, 5.74) is 3.88. The lowest BCUT2D eigenvalue weighted by Crippen LogP contribution is -2.37. The molecular weight excluding hydrogens is 368 g/mol. The second-order valence-electron chi connectivity index (χ2n) is 7.43. The van der Waals surface area contributed by atoms with Crippen molar-refractivity contribution in [2.75, 3.05) is 13.1 Å². The minimum atomic E-state index is -0.441. The molecule has 1 amide bonds. The topological polar surface area (TPSA) is 92.1 Å². The molecule has 1 N–H and O–H groups in total. The normalized spacial score (nSPS) is 15.3. The smallest absolute Gasteiger partial charge is 0.270 e. The second kappa shape index (κ2) is 7.87. The Morgan fingerprint density at radius 1 is 1.24 bits per heavy atom. The van der Waals surface area contributed by atoms with E-state index in [4.69, 9.17) is 4.98 Å². The third kappa shape index (κ3) is 4.18. The van der Waals surface area contributed by atoms with Gasteiger partial charge < -0.3 is 9.88 Å². The number of non-ortho nitro benzene ring substituents is 1. The highest BCUT2D eigenvalue weighted by atomic mass is 16.6. The van der Waals surface area contributed by atoms with E-state index in [1.54, 1.807) is 18.2 Å². The average molecular weight is 390 g/mol. The van der Waals surface area contributed by atoms with Crippen LogP contribution >= 0.6 is 0 Å². The summed E-state index contributed by atoms with van der Waals surface area (Å²) in [7, 11) is 0. The fraction of sp³-hybridized carbons (Fsp3) is 0.273. The molecule has 1 aliphatic rings. The third-order valence-electron chi connectivity index (χ3n) is 5.35. The van der Waals surface area contributed by atoms with Gasteiger partial charge in [0.1, 0.15) is 5.82 Å². The predicted octanol–water partition coefficient (Wildman–Crippen LogP) is 4.20. The monoisotopic (exact) mass is 390 g/mol. The summed E-state index contributed by atoms with van der Waals surface area (Å²) in [4.78, 5) is 32.9. The Balaban J connectivity index is 1.38. The number of hydrogen-bond acceptors (Lipinski definition) is 4. The van der Waals surface area contributed by atoms with Crippen molar-refractivity contribution in [3.05, 3.63) is 75.6 Å². The molecule has 1 aromatic heterocycles. The summed E-state index contributed by atoms with van der Waals surface area (Å²) in [6.07, 6.45) is 4.83. The molecule has 0 bridgehead atoms.